The van der Waals surface area contributed by atoms with Crippen LogP contribution in [0.2, 0.25) is 5.15 Å². The van der Waals surface area contributed by atoms with Gasteiger partial charge in [-0.15, -0.1) is 12.4 Å². The highest BCUT2D eigenvalue weighted by atomic mass is 35.5. The van der Waals surface area contributed by atoms with Gasteiger partial charge in [0.2, 0.25) is 5.91 Å². The van der Waals surface area contributed by atoms with E-state index in [1.54, 1.807) is 6.20 Å². The maximum atomic E-state index is 14.6. The Hall–Kier alpha value is -2.24. The third kappa shape index (κ3) is 6.31. The molecule has 192 valence electrons. The minimum Gasteiger partial charge on any atom is -0.371 e. The first-order valence-corrected chi connectivity index (χ1v) is 13.4. The Bertz CT molecular complexity index is 1160. The third-order valence-electron chi connectivity index (χ3n) is 6.31. The van der Waals surface area contributed by atoms with Gasteiger partial charge in [-0.25, -0.2) is 27.2 Å². The Morgan fingerprint density at radius 2 is 1.74 bits per heavy atom. The number of halogens is 4. The standard InChI is InChI=1S/C22H26ClF2N5O3S.ClH/c1-34(32,33)19-11-15(24)18(10-16(19)25)28-17-4-2-3-7-30(22(17)31)14-5-8-29(9-6-14)21-13-26-20(23)12-27-21;/h10-14,17,28H,2-9H2,1H3;1H. The van der Waals surface area contributed by atoms with Crippen molar-refractivity contribution in [1.29, 1.82) is 0 Å². The van der Waals surface area contributed by atoms with Crippen LogP contribution in [-0.4, -0.2) is 67.2 Å². The number of anilines is 2. The molecule has 35 heavy (non-hydrogen) atoms. The monoisotopic (exact) mass is 549 g/mol. The van der Waals surface area contributed by atoms with Crippen LogP contribution in [0.25, 0.3) is 0 Å². The van der Waals surface area contributed by atoms with E-state index in [0.29, 0.717) is 37.3 Å². The number of aromatic nitrogens is 2. The van der Waals surface area contributed by atoms with Crippen LogP contribution >= 0.6 is 24.0 Å². The Morgan fingerprint density at radius 1 is 1.03 bits per heavy atom. The Kier molecular flexibility index (Phi) is 8.76. The molecule has 1 N–H and O–H groups in total. The number of likely N-dealkylation sites (tertiary alicyclic amines) is 1. The highest BCUT2D eigenvalue weighted by Gasteiger charge is 2.34. The lowest BCUT2D eigenvalue weighted by atomic mass is 10.0. The topological polar surface area (TPSA) is 95.5 Å². The van der Waals surface area contributed by atoms with Gasteiger partial charge in [-0.1, -0.05) is 11.6 Å². The Labute approximate surface area is 214 Å². The van der Waals surface area contributed by atoms with Gasteiger partial charge < -0.3 is 15.1 Å². The second kappa shape index (κ2) is 11.2. The van der Waals surface area contributed by atoms with Gasteiger partial charge in [0.15, 0.2) is 9.84 Å². The van der Waals surface area contributed by atoms with Gasteiger partial charge in [0, 0.05) is 38.0 Å². The molecule has 2 fully saturated rings. The van der Waals surface area contributed by atoms with Crippen LogP contribution in [0, 0.1) is 11.6 Å². The molecule has 13 heteroatoms. The number of piperidine rings is 1. The normalized spacial score (nSPS) is 19.8. The molecule has 1 amide bonds. The molecule has 0 saturated carbocycles. The lowest BCUT2D eigenvalue weighted by molar-refractivity contribution is -0.134. The van der Waals surface area contributed by atoms with Gasteiger partial charge in [-0.2, -0.15) is 0 Å². The van der Waals surface area contributed by atoms with Gasteiger partial charge in [0.1, 0.15) is 33.5 Å². The average molecular weight is 550 g/mol. The van der Waals surface area contributed by atoms with Gasteiger partial charge in [-0.3, -0.25) is 4.79 Å². The van der Waals surface area contributed by atoms with E-state index in [4.69, 9.17) is 11.6 Å². The van der Waals surface area contributed by atoms with Crippen LogP contribution < -0.4 is 10.2 Å². The Balaban J connectivity index is 0.00000342. The Morgan fingerprint density at radius 3 is 2.37 bits per heavy atom. The fraction of sp³-hybridized carbons (Fsp3) is 0.500. The smallest absolute Gasteiger partial charge is 0.245 e. The van der Waals surface area contributed by atoms with Gasteiger partial charge in [-0.05, 0) is 38.2 Å². The number of carbonyl (C=O) groups excluding carboxylic acids is 1. The summed E-state index contributed by atoms with van der Waals surface area (Å²) in [4.78, 5) is 25.0. The number of nitrogens with one attached hydrogen (secondary N) is 1. The number of amides is 1. The van der Waals surface area contributed by atoms with Gasteiger partial charge in [0.05, 0.1) is 18.1 Å². The SMILES string of the molecule is CS(=O)(=O)c1cc(F)c(NC2CCCCN(C3CCN(c4cnc(Cl)cn4)CC3)C2=O)cc1F.Cl. The van der Waals surface area contributed by atoms with Crippen LogP contribution in [0.3, 0.4) is 0 Å². The van der Waals surface area contributed by atoms with Crippen molar-refractivity contribution < 1.29 is 22.0 Å². The number of benzene rings is 1. The van der Waals surface area contributed by atoms with Crippen molar-refractivity contribution in [1.82, 2.24) is 14.9 Å². The molecule has 3 heterocycles. The molecule has 1 aromatic carbocycles. The van der Waals surface area contributed by atoms with E-state index in [2.05, 4.69) is 20.2 Å². The van der Waals surface area contributed by atoms with E-state index in [0.717, 1.165) is 43.8 Å². The first-order chi connectivity index (χ1) is 16.1. The number of nitrogens with zero attached hydrogens (tertiary/aromatic N) is 4. The minimum atomic E-state index is -3.91. The zero-order valence-electron chi connectivity index (χ0n) is 19.1. The van der Waals surface area contributed by atoms with Crippen LogP contribution in [0.15, 0.2) is 29.4 Å². The van der Waals surface area contributed by atoms with Crippen molar-refractivity contribution in [3.8, 4) is 0 Å². The van der Waals surface area contributed by atoms with Crippen LogP contribution in [0.1, 0.15) is 32.1 Å². The molecule has 2 aromatic rings. The molecule has 2 aliphatic rings. The number of hydrogen-bond acceptors (Lipinski definition) is 7. The maximum Gasteiger partial charge on any atom is 0.245 e. The summed E-state index contributed by atoms with van der Waals surface area (Å²) < 4.78 is 52.2. The van der Waals surface area contributed by atoms with Crippen LogP contribution in [-0.2, 0) is 14.6 Å². The quantitative estimate of drug-likeness (QED) is 0.607. The molecule has 1 atom stereocenters. The van der Waals surface area contributed by atoms with E-state index in [-0.39, 0.29) is 30.0 Å². The lowest BCUT2D eigenvalue weighted by Crippen LogP contribution is -2.51. The summed E-state index contributed by atoms with van der Waals surface area (Å²) in [5, 5.41) is 3.15. The van der Waals surface area contributed by atoms with E-state index in [1.165, 1.54) is 6.20 Å². The van der Waals surface area contributed by atoms with Gasteiger partial charge in [0.25, 0.3) is 0 Å². The van der Waals surface area contributed by atoms with Crippen molar-refractivity contribution in [2.24, 2.45) is 0 Å². The summed E-state index contributed by atoms with van der Waals surface area (Å²) in [6, 6.07) is 0.766. The molecule has 0 bridgehead atoms. The zero-order chi connectivity index (χ0) is 24.5. The molecule has 8 nitrogen and oxygen atoms in total. The third-order valence-corrected chi connectivity index (χ3v) is 7.62. The molecule has 4 rings (SSSR count). The van der Waals surface area contributed by atoms with Crippen LogP contribution in [0.4, 0.5) is 20.3 Å². The van der Waals surface area contributed by atoms with Crippen molar-refractivity contribution in [2.75, 3.05) is 36.1 Å². The predicted octanol–water partition coefficient (Wildman–Crippen LogP) is 3.70. The maximum absolute atomic E-state index is 14.6. The van der Waals surface area contributed by atoms with Crippen molar-refractivity contribution >= 4 is 51.3 Å². The summed E-state index contributed by atoms with van der Waals surface area (Å²) in [5.41, 5.74) is -0.221. The average Bonchev–Trinajstić information content (AvgIpc) is 2.97. The van der Waals surface area contributed by atoms with Crippen molar-refractivity contribution in [3.05, 3.63) is 41.3 Å². The summed E-state index contributed by atoms with van der Waals surface area (Å²) in [6.07, 6.45) is 7.48. The van der Waals surface area contributed by atoms with Crippen LogP contribution in [0.5, 0.6) is 0 Å². The largest absolute Gasteiger partial charge is 0.371 e. The first-order valence-electron chi connectivity index (χ1n) is 11.1. The summed E-state index contributed by atoms with van der Waals surface area (Å²) in [6.45, 7) is 2.01. The molecular formula is C22H27Cl2F2N5O3S. The van der Waals surface area contributed by atoms with Crippen molar-refractivity contribution in [3.63, 3.8) is 0 Å². The van der Waals surface area contributed by atoms with E-state index in [1.807, 2.05) is 4.90 Å². The molecule has 0 radical (unpaired) electrons. The molecule has 0 aliphatic carbocycles. The summed E-state index contributed by atoms with van der Waals surface area (Å²) in [5.74, 6) is -1.39. The molecule has 0 spiro atoms. The number of rotatable bonds is 5. The van der Waals surface area contributed by atoms with Crippen molar-refractivity contribution in [2.45, 2.75) is 49.1 Å². The number of hydrogen-bond donors (Lipinski definition) is 1. The molecule has 2 saturated heterocycles. The number of carbonyl (C=O) groups is 1. The number of sulfone groups is 1. The van der Waals surface area contributed by atoms with E-state index < -0.39 is 32.4 Å². The highest BCUT2D eigenvalue weighted by molar-refractivity contribution is 7.90. The second-order valence-corrected chi connectivity index (χ2v) is 11.0. The molecule has 2 aliphatic heterocycles. The fourth-order valence-electron chi connectivity index (χ4n) is 4.55. The summed E-state index contributed by atoms with van der Waals surface area (Å²) >= 11 is 5.81. The lowest BCUT2D eigenvalue weighted by Gasteiger charge is -2.39. The highest BCUT2D eigenvalue weighted by Crippen LogP contribution is 2.28. The zero-order valence-corrected chi connectivity index (χ0v) is 21.5. The molecule has 1 unspecified atom stereocenters. The van der Waals surface area contributed by atoms with E-state index >= 15 is 0 Å². The second-order valence-electron chi connectivity index (χ2n) is 8.67. The minimum absolute atomic E-state index is 0. The molecule has 1 aromatic heterocycles. The van der Waals surface area contributed by atoms with E-state index in [9.17, 15) is 22.0 Å². The fourth-order valence-corrected chi connectivity index (χ4v) is 5.38. The van der Waals surface area contributed by atoms with Gasteiger partial charge >= 0.3 is 0 Å². The first kappa shape index (κ1) is 27.3. The molecular weight excluding hydrogens is 523 g/mol. The predicted molar refractivity (Wildman–Crippen MR) is 132 cm³/mol. The summed E-state index contributed by atoms with van der Waals surface area (Å²) in [7, 11) is -3.91.